The van der Waals surface area contributed by atoms with Gasteiger partial charge in [0.2, 0.25) is 0 Å². The third-order valence-electron chi connectivity index (χ3n) is 3.50. The molecule has 2 heterocycles. The fourth-order valence-electron chi connectivity index (χ4n) is 2.28. The first kappa shape index (κ1) is 19.5. The van der Waals surface area contributed by atoms with Crippen LogP contribution < -0.4 is 0 Å². The fourth-order valence-corrected chi connectivity index (χ4v) is 2.28. The van der Waals surface area contributed by atoms with Gasteiger partial charge in [-0.25, -0.2) is 9.78 Å². The van der Waals surface area contributed by atoms with Crippen LogP contribution in [0.5, 0.6) is 0 Å². The smallest absolute Gasteiger partial charge is 0.354 e. The summed E-state index contributed by atoms with van der Waals surface area (Å²) in [6.45, 7) is 0. The van der Waals surface area contributed by atoms with Crippen LogP contribution in [0, 0.1) is 6.07 Å². The topological polar surface area (TPSA) is 63.1 Å². The van der Waals surface area contributed by atoms with Crippen molar-refractivity contribution in [2.75, 3.05) is 0 Å². The average Bonchev–Trinajstić information content (AvgIpc) is 2.69. The molecule has 4 aromatic rings. The van der Waals surface area contributed by atoms with E-state index < -0.39 is 5.97 Å². The van der Waals surface area contributed by atoms with Crippen molar-refractivity contribution in [3.63, 3.8) is 0 Å². The van der Waals surface area contributed by atoms with Crippen LogP contribution in [-0.2, 0) is 21.1 Å². The van der Waals surface area contributed by atoms with Gasteiger partial charge in [0.15, 0.2) is 0 Å². The van der Waals surface area contributed by atoms with Crippen LogP contribution >= 0.6 is 0 Å². The van der Waals surface area contributed by atoms with Gasteiger partial charge in [0, 0.05) is 38.8 Å². The van der Waals surface area contributed by atoms with Crippen LogP contribution in [-0.4, -0.2) is 21.0 Å². The number of aromatic nitrogens is 2. The molecule has 0 bridgehead atoms. The second-order valence-corrected chi connectivity index (χ2v) is 5.21. The third-order valence-corrected chi connectivity index (χ3v) is 3.50. The molecule has 0 spiro atoms. The Morgan fingerprint density at radius 3 is 2.27 bits per heavy atom. The van der Waals surface area contributed by atoms with Crippen LogP contribution in [0.2, 0.25) is 0 Å². The van der Waals surface area contributed by atoms with Crippen molar-refractivity contribution in [2.45, 2.75) is 0 Å². The standard InChI is InChI=1S/C11H8N.C10H7NO2.Pt/c1-2-6-10(7-3-1)11-8-4-5-9-12-11;12-10(13)9-5-7-3-1-2-4-8(7)6-11-9;/h1-6,8-9H;1-6H,(H,12,13);/q-1;;. The van der Waals surface area contributed by atoms with Crippen molar-refractivity contribution < 1.29 is 31.0 Å². The van der Waals surface area contributed by atoms with E-state index in [1.807, 2.05) is 66.7 Å². The van der Waals surface area contributed by atoms with Gasteiger partial charge in [-0.3, -0.25) is 0 Å². The molecule has 132 valence electrons. The summed E-state index contributed by atoms with van der Waals surface area (Å²) in [6, 6.07) is 25.9. The van der Waals surface area contributed by atoms with Crippen molar-refractivity contribution >= 4 is 16.7 Å². The summed E-state index contributed by atoms with van der Waals surface area (Å²) in [6.07, 6.45) is 3.36. The largest absolute Gasteiger partial charge is 0.477 e. The van der Waals surface area contributed by atoms with Gasteiger partial charge in [0.25, 0.3) is 0 Å². The Kier molecular flexibility index (Phi) is 7.19. The van der Waals surface area contributed by atoms with Crippen LogP contribution in [0.4, 0.5) is 0 Å². The first-order valence-electron chi connectivity index (χ1n) is 7.70. The SMILES string of the molecule is O=C(O)c1cc2ccccc2cn1.[Pt].[c-]1ccccc1-c1ccccn1. The van der Waals surface area contributed by atoms with E-state index >= 15 is 0 Å². The average molecular weight is 522 g/mol. The molecule has 1 N–H and O–H groups in total. The van der Waals surface area contributed by atoms with Crippen LogP contribution in [0.3, 0.4) is 0 Å². The molecule has 0 saturated heterocycles. The summed E-state index contributed by atoms with van der Waals surface area (Å²) in [5, 5.41) is 10.5. The molecule has 5 heteroatoms. The molecule has 0 radical (unpaired) electrons. The van der Waals surface area contributed by atoms with Crippen LogP contribution in [0.1, 0.15) is 10.5 Å². The molecule has 4 nitrogen and oxygen atoms in total. The number of pyridine rings is 2. The van der Waals surface area contributed by atoms with E-state index in [0.717, 1.165) is 22.0 Å². The number of rotatable bonds is 2. The minimum absolute atomic E-state index is 0. The predicted octanol–water partition coefficient (Wildman–Crippen LogP) is 4.48. The summed E-state index contributed by atoms with van der Waals surface area (Å²) < 4.78 is 0. The number of hydrogen-bond donors (Lipinski definition) is 1. The summed E-state index contributed by atoms with van der Waals surface area (Å²) in [4.78, 5) is 18.6. The Morgan fingerprint density at radius 1 is 0.885 bits per heavy atom. The van der Waals surface area contributed by atoms with E-state index in [2.05, 4.69) is 16.0 Å². The maximum absolute atomic E-state index is 10.6. The van der Waals surface area contributed by atoms with Gasteiger partial charge in [-0.15, -0.1) is 35.9 Å². The number of aromatic carboxylic acids is 1. The maximum atomic E-state index is 10.6. The monoisotopic (exact) mass is 522 g/mol. The number of carboxylic acid groups (broad SMARTS) is 1. The Morgan fingerprint density at radius 2 is 1.62 bits per heavy atom. The quantitative estimate of drug-likeness (QED) is 0.395. The number of benzene rings is 2. The molecule has 0 saturated carbocycles. The van der Waals surface area contributed by atoms with Gasteiger partial charge in [0.1, 0.15) is 5.69 Å². The zero-order valence-corrected chi connectivity index (χ0v) is 15.9. The first-order chi connectivity index (χ1) is 12.2. The summed E-state index contributed by atoms with van der Waals surface area (Å²) in [7, 11) is 0. The molecule has 0 aliphatic rings. The Bertz CT molecular complexity index is 939. The van der Waals surface area contributed by atoms with Crippen molar-refractivity contribution in [3.05, 3.63) is 97.0 Å². The molecular weight excluding hydrogens is 507 g/mol. The minimum Gasteiger partial charge on any atom is -0.477 e. The van der Waals surface area contributed by atoms with Gasteiger partial charge in [-0.1, -0.05) is 36.4 Å². The molecular formula is C21H15N2O2Pt-. The minimum atomic E-state index is -0.995. The number of carboxylic acids is 1. The van der Waals surface area contributed by atoms with Crippen LogP contribution in [0.25, 0.3) is 22.0 Å². The van der Waals surface area contributed by atoms with E-state index in [1.165, 1.54) is 0 Å². The van der Waals surface area contributed by atoms with Gasteiger partial charge in [0.05, 0.1) is 0 Å². The number of nitrogens with zero attached hydrogens (tertiary/aromatic N) is 2. The summed E-state index contributed by atoms with van der Waals surface area (Å²) >= 11 is 0. The molecule has 0 aliphatic carbocycles. The van der Waals surface area contributed by atoms with Gasteiger partial charge in [-0.05, 0) is 23.2 Å². The normalized spacial score (nSPS) is 9.54. The molecule has 0 atom stereocenters. The molecule has 2 aromatic carbocycles. The third kappa shape index (κ3) is 5.08. The Labute approximate surface area is 165 Å². The fraction of sp³-hybridized carbons (Fsp3) is 0. The molecule has 0 aliphatic heterocycles. The zero-order valence-electron chi connectivity index (χ0n) is 13.6. The molecule has 26 heavy (non-hydrogen) atoms. The Hall–Kier alpha value is -2.84. The number of hydrogen-bond acceptors (Lipinski definition) is 3. The van der Waals surface area contributed by atoms with Crippen LogP contribution in [0.15, 0.2) is 85.2 Å². The summed E-state index contributed by atoms with van der Waals surface area (Å²) in [5.74, 6) is -0.995. The van der Waals surface area contributed by atoms with E-state index in [0.29, 0.717) is 0 Å². The van der Waals surface area contributed by atoms with Crippen molar-refractivity contribution in [1.29, 1.82) is 0 Å². The number of carbonyl (C=O) groups is 1. The van der Waals surface area contributed by atoms with Crippen molar-refractivity contribution in [3.8, 4) is 11.3 Å². The van der Waals surface area contributed by atoms with Crippen molar-refractivity contribution in [1.82, 2.24) is 9.97 Å². The maximum Gasteiger partial charge on any atom is 0.354 e. The second-order valence-electron chi connectivity index (χ2n) is 5.21. The number of fused-ring (bicyclic) bond motifs is 1. The molecule has 4 rings (SSSR count). The van der Waals surface area contributed by atoms with Gasteiger partial charge in [-0.2, -0.15) is 0 Å². The molecule has 0 amide bonds. The van der Waals surface area contributed by atoms with Gasteiger partial charge < -0.3 is 10.1 Å². The Balaban J connectivity index is 0.000000180. The zero-order chi connectivity index (χ0) is 17.5. The van der Waals surface area contributed by atoms with E-state index in [9.17, 15) is 4.79 Å². The van der Waals surface area contributed by atoms with E-state index in [4.69, 9.17) is 5.11 Å². The molecule has 0 fully saturated rings. The first-order valence-corrected chi connectivity index (χ1v) is 7.70. The van der Waals surface area contributed by atoms with E-state index in [-0.39, 0.29) is 26.8 Å². The summed E-state index contributed by atoms with van der Waals surface area (Å²) in [5.41, 5.74) is 2.09. The van der Waals surface area contributed by atoms with E-state index in [1.54, 1.807) is 18.5 Å². The molecule has 2 aromatic heterocycles. The molecule has 0 unspecified atom stereocenters. The van der Waals surface area contributed by atoms with Gasteiger partial charge >= 0.3 is 5.97 Å². The second kappa shape index (κ2) is 9.59. The van der Waals surface area contributed by atoms with Crippen molar-refractivity contribution in [2.24, 2.45) is 0 Å². The predicted molar refractivity (Wildman–Crippen MR) is 97.2 cm³/mol.